The van der Waals surface area contributed by atoms with E-state index in [1.165, 1.54) is 0 Å². The predicted octanol–water partition coefficient (Wildman–Crippen LogP) is 4.35. The molecule has 0 unspecified atom stereocenters. The molecule has 4 heteroatoms. The molecule has 0 atom stereocenters. The van der Waals surface area contributed by atoms with Crippen LogP contribution >= 0.6 is 11.3 Å². The Bertz CT molecular complexity index is 828. The van der Waals surface area contributed by atoms with Crippen LogP contribution in [0.5, 0.6) is 0 Å². The van der Waals surface area contributed by atoms with Crippen LogP contribution in [0.4, 0.5) is 0 Å². The van der Waals surface area contributed by atoms with E-state index in [9.17, 15) is 0 Å². The maximum atomic E-state index is 4.67. The first kappa shape index (κ1) is 11.4. The van der Waals surface area contributed by atoms with Gasteiger partial charge < -0.3 is 4.98 Å². The van der Waals surface area contributed by atoms with Crippen molar-refractivity contribution in [2.75, 3.05) is 0 Å². The number of imidazole rings is 1. The molecule has 3 nitrogen and oxygen atoms in total. The summed E-state index contributed by atoms with van der Waals surface area (Å²) in [6, 6.07) is 18.2. The fourth-order valence-corrected chi connectivity index (χ4v) is 2.95. The van der Waals surface area contributed by atoms with Crippen molar-refractivity contribution in [3.05, 3.63) is 60.0 Å². The van der Waals surface area contributed by atoms with Crippen molar-refractivity contribution >= 4 is 22.4 Å². The number of benzene rings is 2. The molecule has 0 amide bonds. The van der Waals surface area contributed by atoms with Gasteiger partial charge in [0.1, 0.15) is 0 Å². The van der Waals surface area contributed by atoms with E-state index < -0.39 is 0 Å². The predicted molar refractivity (Wildman–Crippen MR) is 82.6 cm³/mol. The molecule has 0 aliphatic heterocycles. The SMILES string of the molecule is c1ccc(-c2csc(-c3nc4ccccc4[nH]3)n2)cc1. The summed E-state index contributed by atoms with van der Waals surface area (Å²) in [6.07, 6.45) is 0. The molecule has 0 aliphatic rings. The summed E-state index contributed by atoms with van der Waals surface area (Å²) in [4.78, 5) is 12.6. The third-order valence-corrected chi connectivity index (χ3v) is 4.01. The average Bonchev–Trinajstić information content (AvgIpc) is 3.14. The number of para-hydroxylation sites is 2. The van der Waals surface area contributed by atoms with Crippen molar-refractivity contribution in [2.24, 2.45) is 0 Å². The minimum Gasteiger partial charge on any atom is -0.336 e. The summed E-state index contributed by atoms with van der Waals surface area (Å²) in [5.41, 5.74) is 4.13. The van der Waals surface area contributed by atoms with E-state index in [1.807, 2.05) is 42.5 Å². The third kappa shape index (κ3) is 1.90. The van der Waals surface area contributed by atoms with Gasteiger partial charge in [0, 0.05) is 10.9 Å². The minimum absolute atomic E-state index is 0.832. The highest BCUT2D eigenvalue weighted by Crippen LogP contribution is 2.28. The van der Waals surface area contributed by atoms with Gasteiger partial charge in [0.05, 0.1) is 16.7 Å². The number of aromatic nitrogens is 3. The molecule has 2 aromatic heterocycles. The molecule has 2 heterocycles. The lowest BCUT2D eigenvalue weighted by molar-refractivity contribution is 1.29. The number of nitrogens with one attached hydrogen (secondary N) is 1. The maximum Gasteiger partial charge on any atom is 0.167 e. The van der Waals surface area contributed by atoms with Gasteiger partial charge in [-0.1, -0.05) is 42.5 Å². The van der Waals surface area contributed by atoms with Crippen LogP contribution in [0.3, 0.4) is 0 Å². The molecule has 2 aromatic carbocycles. The Morgan fingerprint density at radius 3 is 2.50 bits per heavy atom. The van der Waals surface area contributed by atoms with Gasteiger partial charge in [0.2, 0.25) is 0 Å². The van der Waals surface area contributed by atoms with Crippen LogP contribution in [0.2, 0.25) is 0 Å². The third-order valence-electron chi connectivity index (χ3n) is 3.17. The highest BCUT2D eigenvalue weighted by Gasteiger charge is 2.10. The average molecular weight is 277 g/mol. The number of hydrogen-bond donors (Lipinski definition) is 1. The lowest BCUT2D eigenvalue weighted by atomic mass is 10.2. The first-order valence-corrected chi connectivity index (χ1v) is 7.24. The molecule has 0 saturated carbocycles. The molecule has 0 spiro atoms. The van der Waals surface area contributed by atoms with Crippen LogP contribution in [-0.2, 0) is 0 Å². The normalized spacial score (nSPS) is 11.0. The maximum absolute atomic E-state index is 4.67. The van der Waals surface area contributed by atoms with Crippen LogP contribution < -0.4 is 0 Å². The van der Waals surface area contributed by atoms with Gasteiger partial charge in [-0.3, -0.25) is 0 Å². The second-order valence-corrected chi connectivity index (χ2v) is 5.36. The van der Waals surface area contributed by atoms with E-state index in [2.05, 4.69) is 32.5 Å². The van der Waals surface area contributed by atoms with Gasteiger partial charge in [-0.2, -0.15) is 0 Å². The van der Waals surface area contributed by atoms with Crippen molar-refractivity contribution in [3.8, 4) is 22.1 Å². The first-order chi connectivity index (χ1) is 9.90. The van der Waals surface area contributed by atoms with Crippen molar-refractivity contribution < 1.29 is 0 Å². The van der Waals surface area contributed by atoms with Crippen LogP contribution in [0, 0.1) is 0 Å². The Morgan fingerprint density at radius 1 is 0.850 bits per heavy atom. The molecule has 0 aliphatic carbocycles. The van der Waals surface area contributed by atoms with Gasteiger partial charge in [0.15, 0.2) is 10.8 Å². The van der Waals surface area contributed by atoms with E-state index in [0.29, 0.717) is 0 Å². The molecule has 1 N–H and O–H groups in total. The van der Waals surface area contributed by atoms with Gasteiger partial charge in [-0.15, -0.1) is 11.3 Å². The molecule has 0 saturated heterocycles. The van der Waals surface area contributed by atoms with Crippen molar-refractivity contribution in [3.63, 3.8) is 0 Å². The highest BCUT2D eigenvalue weighted by atomic mass is 32.1. The van der Waals surface area contributed by atoms with Crippen molar-refractivity contribution in [1.29, 1.82) is 0 Å². The second kappa shape index (κ2) is 4.58. The molecule has 0 fully saturated rings. The van der Waals surface area contributed by atoms with Crippen LogP contribution in [0.25, 0.3) is 33.1 Å². The number of H-pyrrole nitrogens is 1. The van der Waals surface area contributed by atoms with E-state index in [0.717, 1.165) is 33.1 Å². The Hall–Kier alpha value is -2.46. The summed E-state index contributed by atoms with van der Waals surface area (Å²) in [5, 5.41) is 2.98. The topological polar surface area (TPSA) is 41.6 Å². The van der Waals surface area contributed by atoms with Crippen molar-refractivity contribution in [2.45, 2.75) is 0 Å². The van der Waals surface area contributed by atoms with Crippen LogP contribution in [0.1, 0.15) is 0 Å². The highest BCUT2D eigenvalue weighted by molar-refractivity contribution is 7.13. The molecular formula is C16H11N3S. The Labute approximate surface area is 120 Å². The van der Waals surface area contributed by atoms with Gasteiger partial charge >= 0.3 is 0 Å². The molecule has 4 rings (SSSR count). The lowest BCUT2D eigenvalue weighted by Gasteiger charge is -1.93. The molecule has 96 valence electrons. The number of rotatable bonds is 2. The number of hydrogen-bond acceptors (Lipinski definition) is 3. The smallest absolute Gasteiger partial charge is 0.167 e. The zero-order chi connectivity index (χ0) is 13.4. The summed E-state index contributed by atoms with van der Waals surface area (Å²) in [7, 11) is 0. The first-order valence-electron chi connectivity index (χ1n) is 6.36. The summed E-state index contributed by atoms with van der Waals surface area (Å²) in [6.45, 7) is 0. The largest absolute Gasteiger partial charge is 0.336 e. The lowest BCUT2D eigenvalue weighted by Crippen LogP contribution is -1.80. The Morgan fingerprint density at radius 2 is 1.65 bits per heavy atom. The number of nitrogens with zero attached hydrogens (tertiary/aromatic N) is 2. The zero-order valence-corrected chi connectivity index (χ0v) is 11.4. The molecule has 4 aromatic rings. The van der Waals surface area contributed by atoms with E-state index in [-0.39, 0.29) is 0 Å². The monoisotopic (exact) mass is 277 g/mol. The van der Waals surface area contributed by atoms with Gasteiger partial charge in [-0.05, 0) is 12.1 Å². The number of aromatic amines is 1. The summed E-state index contributed by atoms with van der Waals surface area (Å²) in [5.74, 6) is 0.832. The molecule has 20 heavy (non-hydrogen) atoms. The van der Waals surface area contributed by atoms with Crippen LogP contribution in [-0.4, -0.2) is 15.0 Å². The van der Waals surface area contributed by atoms with E-state index >= 15 is 0 Å². The standard InChI is InChI=1S/C16H11N3S/c1-2-6-11(7-3-1)14-10-20-16(19-14)15-17-12-8-4-5-9-13(12)18-15/h1-10H,(H,17,18). The number of thiazole rings is 1. The Balaban J connectivity index is 1.78. The Kier molecular flexibility index (Phi) is 2.60. The molecular weight excluding hydrogens is 266 g/mol. The number of fused-ring (bicyclic) bond motifs is 1. The van der Waals surface area contributed by atoms with E-state index in [4.69, 9.17) is 0 Å². The summed E-state index contributed by atoms with van der Waals surface area (Å²) < 4.78 is 0. The fourth-order valence-electron chi connectivity index (χ4n) is 2.18. The fraction of sp³-hybridized carbons (Fsp3) is 0. The van der Waals surface area contributed by atoms with Gasteiger partial charge in [0.25, 0.3) is 0 Å². The zero-order valence-electron chi connectivity index (χ0n) is 10.6. The van der Waals surface area contributed by atoms with Crippen molar-refractivity contribution in [1.82, 2.24) is 15.0 Å². The quantitative estimate of drug-likeness (QED) is 0.591. The van der Waals surface area contributed by atoms with E-state index in [1.54, 1.807) is 11.3 Å². The van der Waals surface area contributed by atoms with Gasteiger partial charge in [-0.25, -0.2) is 9.97 Å². The molecule has 0 radical (unpaired) electrons. The minimum atomic E-state index is 0.832. The second-order valence-electron chi connectivity index (χ2n) is 4.51. The summed E-state index contributed by atoms with van der Waals surface area (Å²) >= 11 is 1.61. The van der Waals surface area contributed by atoms with Crippen LogP contribution in [0.15, 0.2) is 60.0 Å². The molecule has 0 bridgehead atoms.